The van der Waals surface area contributed by atoms with Gasteiger partial charge in [0, 0.05) is 19.2 Å². The molecule has 10 heteroatoms. The Balaban J connectivity index is 1.88. The lowest BCUT2D eigenvalue weighted by molar-refractivity contribution is -0.137. The van der Waals surface area contributed by atoms with Crippen LogP contribution in [0.5, 0.6) is 0 Å². The fourth-order valence-electron chi connectivity index (χ4n) is 3.67. The summed E-state index contributed by atoms with van der Waals surface area (Å²) >= 11 is 0. The molecule has 1 aliphatic rings. The fraction of sp³-hybridized carbons (Fsp3) is 0.476. The van der Waals surface area contributed by atoms with Gasteiger partial charge in [-0.3, -0.25) is 14.3 Å². The molecular formula is C21H25F3N4O3. The van der Waals surface area contributed by atoms with Crippen LogP contribution in [0.25, 0.3) is 0 Å². The molecule has 3 N–H and O–H groups in total. The van der Waals surface area contributed by atoms with Crippen LogP contribution in [0.2, 0.25) is 0 Å². The van der Waals surface area contributed by atoms with Crippen LogP contribution in [0.4, 0.5) is 13.2 Å². The highest BCUT2D eigenvalue weighted by molar-refractivity contribution is 5.98. The van der Waals surface area contributed by atoms with Crippen molar-refractivity contribution < 1.29 is 27.9 Å². The molecule has 1 aromatic heterocycles. The van der Waals surface area contributed by atoms with Gasteiger partial charge in [0.15, 0.2) is 5.69 Å². The average molecular weight is 438 g/mol. The van der Waals surface area contributed by atoms with Crippen molar-refractivity contribution in [2.45, 2.75) is 57.0 Å². The minimum absolute atomic E-state index is 0.0329. The topological polar surface area (TPSA) is 96.3 Å². The summed E-state index contributed by atoms with van der Waals surface area (Å²) in [6, 6.07) is 5.28. The first-order chi connectivity index (χ1) is 14.6. The molecule has 0 radical (unpaired) electrons. The van der Waals surface area contributed by atoms with E-state index in [0.717, 1.165) is 12.1 Å². The number of hydrogen-bond donors (Lipinski definition) is 3. The van der Waals surface area contributed by atoms with Gasteiger partial charge in [-0.05, 0) is 50.3 Å². The third-order valence-corrected chi connectivity index (χ3v) is 5.55. The average Bonchev–Trinajstić information content (AvgIpc) is 3.19. The largest absolute Gasteiger partial charge is 0.416 e. The van der Waals surface area contributed by atoms with Gasteiger partial charge in [0.1, 0.15) is 5.69 Å². The molecular weight excluding hydrogens is 413 g/mol. The minimum atomic E-state index is -4.45. The summed E-state index contributed by atoms with van der Waals surface area (Å²) in [6.07, 6.45) is -2.35. The summed E-state index contributed by atoms with van der Waals surface area (Å²) < 4.78 is 39.9. The van der Waals surface area contributed by atoms with E-state index in [1.807, 2.05) is 0 Å². The van der Waals surface area contributed by atoms with Crippen molar-refractivity contribution in [2.24, 2.45) is 0 Å². The van der Waals surface area contributed by atoms with Crippen LogP contribution in [-0.4, -0.2) is 45.9 Å². The van der Waals surface area contributed by atoms with Crippen LogP contribution in [0.3, 0.4) is 0 Å². The number of aliphatic hydroxyl groups excluding tert-OH is 1. The summed E-state index contributed by atoms with van der Waals surface area (Å²) in [4.78, 5) is 25.0. The van der Waals surface area contributed by atoms with Gasteiger partial charge < -0.3 is 15.7 Å². The first-order valence-electron chi connectivity index (χ1n) is 10.1. The number of aliphatic hydroxyl groups is 1. The van der Waals surface area contributed by atoms with Crippen LogP contribution in [0.1, 0.15) is 70.8 Å². The van der Waals surface area contributed by atoms with Gasteiger partial charge in [0.2, 0.25) is 0 Å². The number of rotatable bonds is 5. The maximum atomic E-state index is 12.9. The van der Waals surface area contributed by atoms with Crippen molar-refractivity contribution in [2.75, 3.05) is 7.05 Å². The number of benzene rings is 1. The van der Waals surface area contributed by atoms with Crippen molar-refractivity contribution in [1.82, 2.24) is 20.4 Å². The van der Waals surface area contributed by atoms with Gasteiger partial charge >= 0.3 is 6.18 Å². The van der Waals surface area contributed by atoms with E-state index in [-0.39, 0.29) is 23.5 Å². The number of nitrogens with zero attached hydrogens (tertiary/aromatic N) is 2. The minimum Gasteiger partial charge on any atom is -0.393 e. The maximum Gasteiger partial charge on any atom is 0.416 e. The molecule has 1 aliphatic carbocycles. The first kappa shape index (κ1) is 22.8. The summed E-state index contributed by atoms with van der Waals surface area (Å²) in [5, 5.41) is 19.2. The van der Waals surface area contributed by atoms with E-state index in [1.54, 1.807) is 6.92 Å². The Kier molecular flexibility index (Phi) is 6.68. The molecule has 1 atom stereocenters. The van der Waals surface area contributed by atoms with E-state index in [9.17, 15) is 27.9 Å². The molecule has 3 rings (SSSR count). The van der Waals surface area contributed by atoms with Crippen molar-refractivity contribution >= 4 is 11.8 Å². The second-order valence-corrected chi connectivity index (χ2v) is 7.71. The molecule has 31 heavy (non-hydrogen) atoms. The predicted molar refractivity (Wildman–Crippen MR) is 107 cm³/mol. The summed E-state index contributed by atoms with van der Waals surface area (Å²) in [7, 11) is 1.44. The van der Waals surface area contributed by atoms with E-state index in [0.29, 0.717) is 31.2 Å². The van der Waals surface area contributed by atoms with Crippen molar-refractivity contribution in [1.29, 1.82) is 0 Å². The number of aromatic nitrogens is 2. The maximum absolute atomic E-state index is 12.9. The predicted octanol–water partition coefficient (Wildman–Crippen LogP) is 2.90. The monoisotopic (exact) mass is 438 g/mol. The summed E-state index contributed by atoms with van der Waals surface area (Å²) in [5.74, 6) is -0.906. The fourth-order valence-corrected chi connectivity index (χ4v) is 3.67. The SMILES string of the molecule is CNC(=O)c1cc(C(=O)NC2CCC(O)CC2)n([C@H](C)c2ccc(C(F)(F)F)cc2)n1. The zero-order valence-corrected chi connectivity index (χ0v) is 17.2. The van der Waals surface area contributed by atoms with Gasteiger partial charge in [-0.2, -0.15) is 18.3 Å². The van der Waals surface area contributed by atoms with E-state index in [4.69, 9.17) is 0 Å². The van der Waals surface area contributed by atoms with Crippen molar-refractivity contribution in [3.8, 4) is 0 Å². The van der Waals surface area contributed by atoms with E-state index < -0.39 is 29.6 Å². The van der Waals surface area contributed by atoms with Crippen molar-refractivity contribution in [3.63, 3.8) is 0 Å². The first-order valence-corrected chi connectivity index (χ1v) is 10.1. The standard InChI is InChI=1S/C21H25F3N4O3/c1-12(13-3-5-14(6-4-13)21(22,23)24)28-18(11-17(27-28)19(30)25-2)20(31)26-15-7-9-16(29)10-8-15/h3-6,11-12,15-16,29H,7-10H2,1-2H3,(H,25,30)(H,26,31)/t12-,15?,16?/m1/s1. The summed E-state index contributed by atoms with van der Waals surface area (Å²) in [6.45, 7) is 1.69. The number of halogens is 3. The van der Waals surface area contributed by atoms with Gasteiger partial charge in [-0.1, -0.05) is 12.1 Å². The molecule has 2 amide bonds. The van der Waals surface area contributed by atoms with E-state index in [2.05, 4.69) is 15.7 Å². The summed E-state index contributed by atoms with van der Waals surface area (Å²) in [5.41, 5.74) is -0.0931. The normalized spacial score (nSPS) is 20.2. The molecule has 0 bridgehead atoms. The number of alkyl halides is 3. The highest BCUT2D eigenvalue weighted by atomic mass is 19.4. The lowest BCUT2D eigenvalue weighted by Gasteiger charge is -2.26. The smallest absolute Gasteiger partial charge is 0.393 e. The third kappa shape index (κ3) is 5.25. The Morgan fingerprint density at radius 2 is 1.74 bits per heavy atom. The number of carbonyl (C=O) groups excluding carboxylic acids is 2. The zero-order valence-electron chi connectivity index (χ0n) is 17.2. The number of hydrogen-bond acceptors (Lipinski definition) is 4. The number of nitrogens with one attached hydrogen (secondary N) is 2. The molecule has 0 unspecified atom stereocenters. The molecule has 0 aliphatic heterocycles. The molecule has 1 fully saturated rings. The Hall–Kier alpha value is -2.88. The highest BCUT2D eigenvalue weighted by Gasteiger charge is 2.31. The van der Waals surface area contributed by atoms with Gasteiger partial charge in [-0.25, -0.2) is 0 Å². The number of carbonyl (C=O) groups is 2. The Morgan fingerprint density at radius 3 is 2.29 bits per heavy atom. The molecule has 168 valence electrons. The molecule has 1 saturated carbocycles. The van der Waals surface area contributed by atoms with Crippen LogP contribution in [0, 0.1) is 0 Å². The molecule has 0 saturated heterocycles. The number of amides is 2. The zero-order chi connectivity index (χ0) is 22.8. The van der Waals surface area contributed by atoms with Crippen LogP contribution in [0.15, 0.2) is 30.3 Å². The molecule has 1 heterocycles. The lowest BCUT2D eigenvalue weighted by Crippen LogP contribution is -2.39. The molecule has 7 nitrogen and oxygen atoms in total. The van der Waals surface area contributed by atoms with Gasteiger partial charge in [0.25, 0.3) is 11.8 Å². The van der Waals surface area contributed by atoms with Crippen molar-refractivity contribution in [3.05, 3.63) is 52.8 Å². The third-order valence-electron chi connectivity index (χ3n) is 5.55. The lowest BCUT2D eigenvalue weighted by atomic mass is 9.93. The Morgan fingerprint density at radius 1 is 1.13 bits per heavy atom. The molecule has 0 spiro atoms. The van der Waals surface area contributed by atoms with Gasteiger partial charge in [0.05, 0.1) is 17.7 Å². The molecule has 1 aromatic carbocycles. The Labute approximate surface area is 177 Å². The van der Waals surface area contributed by atoms with Crippen LogP contribution in [-0.2, 0) is 6.18 Å². The Bertz CT molecular complexity index is 932. The highest BCUT2D eigenvalue weighted by Crippen LogP contribution is 2.30. The quantitative estimate of drug-likeness (QED) is 0.669. The second kappa shape index (κ2) is 9.09. The van der Waals surface area contributed by atoms with Crippen LogP contribution < -0.4 is 10.6 Å². The second-order valence-electron chi connectivity index (χ2n) is 7.71. The van der Waals surface area contributed by atoms with E-state index >= 15 is 0 Å². The van der Waals surface area contributed by atoms with Gasteiger partial charge in [-0.15, -0.1) is 0 Å². The molecule has 2 aromatic rings. The van der Waals surface area contributed by atoms with E-state index in [1.165, 1.54) is 29.9 Å². The van der Waals surface area contributed by atoms with Crippen LogP contribution >= 0.6 is 0 Å².